The lowest BCUT2D eigenvalue weighted by Gasteiger charge is -2.21. The molecule has 0 atom stereocenters. The molecule has 0 aliphatic heterocycles. The maximum atomic E-state index is 13.1. The highest BCUT2D eigenvalue weighted by Crippen LogP contribution is 2.31. The maximum Gasteiger partial charge on any atom is 0.243 e. The fraction of sp³-hybridized carbons (Fsp3) is 0.227. The van der Waals surface area contributed by atoms with Crippen molar-refractivity contribution < 1.29 is 9.18 Å². The number of benzene rings is 1. The first-order valence-electron chi connectivity index (χ1n) is 9.87. The van der Waals surface area contributed by atoms with E-state index in [2.05, 4.69) is 15.3 Å². The molecular weight excluding hydrogens is 397 g/mol. The van der Waals surface area contributed by atoms with Gasteiger partial charge in [0.1, 0.15) is 17.3 Å². The number of pyridine rings is 1. The van der Waals surface area contributed by atoms with E-state index < -0.39 is 0 Å². The fourth-order valence-corrected chi connectivity index (χ4v) is 3.60. The van der Waals surface area contributed by atoms with Crippen molar-refractivity contribution in [2.45, 2.75) is 19.3 Å². The van der Waals surface area contributed by atoms with Crippen LogP contribution < -0.4 is 16.0 Å². The third-order valence-corrected chi connectivity index (χ3v) is 5.13. The van der Waals surface area contributed by atoms with Crippen molar-refractivity contribution in [3.8, 4) is 11.5 Å². The molecule has 2 aromatic heterocycles. The molecule has 0 saturated heterocycles. The van der Waals surface area contributed by atoms with Crippen LogP contribution in [0.1, 0.15) is 23.2 Å². The molecule has 1 aliphatic rings. The van der Waals surface area contributed by atoms with Gasteiger partial charge < -0.3 is 21.4 Å². The van der Waals surface area contributed by atoms with Gasteiger partial charge in [0, 0.05) is 35.8 Å². The Morgan fingerprint density at radius 2 is 2.06 bits per heavy atom. The van der Waals surface area contributed by atoms with Gasteiger partial charge in [-0.25, -0.2) is 14.4 Å². The Bertz CT molecular complexity index is 1150. The minimum atomic E-state index is -0.360. The summed E-state index contributed by atoms with van der Waals surface area (Å²) in [4.78, 5) is 28.0. The number of hydrogen-bond donors (Lipinski definition) is 3. The number of anilines is 3. The Hall–Kier alpha value is -3.88. The topological polar surface area (TPSA) is 121 Å². The molecule has 4 rings (SSSR count). The summed E-state index contributed by atoms with van der Waals surface area (Å²) in [6, 6.07) is 7.31. The van der Waals surface area contributed by atoms with Crippen LogP contribution in [0.3, 0.4) is 0 Å². The van der Waals surface area contributed by atoms with Crippen molar-refractivity contribution in [2.75, 3.05) is 29.5 Å². The van der Waals surface area contributed by atoms with Gasteiger partial charge in [-0.3, -0.25) is 9.78 Å². The number of likely N-dealkylation sites (N-methyl/N-ethyl adjacent to an activating group) is 1. The predicted molar refractivity (Wildman–Crippen MR) is 118 cm³/mol. The number of nitrogens with one attached hydrogen (secondary N) is 2. The van der Waals surface area contributed by atoms with Gasteiger partial charge in [0.05, 0.1) is 18.4 Å². The van der Waals surface area contributed by atoms with E-state index in [4.69, 9.17) is 16.1 Å². The zero-order valence-corrected chi connectivity index (χ0v) is 17.0. The second kappa shape index (κ2) is 8.47. The van der Waals surface area contributed by atoms with Gasteiger partial charge in [-0.05, 0) is 49.6 Å². The number of nitrogen functional groups attached to an aromatic ring is 1. The quantitative estimate of drug-likeness (QED) is 0.528. The number of aromatic nitrogens is 3. The Kier molecular flexibility index (Phi) is 5.57. The van der Waals surface area contributed by atoms with Crippen LogP contribution in [0.2, 0.25) is 0 Å². The van der Waals surface area contributed by atoms with Gasteiger partial charge in [0.2, 0.25) is 5.91 Å². The van der Waals surface area contributed by atoms with Crippen molar-refractivity contribution in [2.24, 2.45) is 0 Å². The zero-order valence-electron chi connectivity index (χ0n) is 17.0. The van der Waals surface area contributed by atoms with Crippen LogP contribution in [-0.2, 0) is 17.6 Å². The summed E-state index contributed by atoms with van der Waals surface area (Å²) in [5, 5.41) is 10.3. The standard InChI is InChI=1S/C22H22FN7O/c1-30(12-20(31)27-15-7-5-14(23)6-8-15)22-16-3-2-4-18(16)28-21(29-22)19-9-13(10-24)17(25)11-26-19/h5-11,24H,2-4,12,25H2,1H3,(H,27,31). The number of amides is 1. The molecule has 1 aliphatic carbocycles. The molecule has 0 fully saturated rings. The van der Waals surface area contributed by atoms with Crippen molar-refractivity contribution in [3.05, 3.63) is 59.2 Å². The Balaban J connectivity index is 1.60. The zero-order chi connectivity index (χ0) is 22.0. The highest BCUT2D eigenvalue weighted by Gasteiger charge is 2.23. The van der Waals surface area contributed by atoms with Crippen LogP contribution >= 0.6 is 0 Å². The number of nitrogens with two attached hydrogens (primary N) is 1. The average molecular weight is 419 g/mol. The number of hydrogen-bond acceptors (Lipinski definition) is 7. The summed E-state index contributed by atoms with van der Waals surface area (Å²) in [5.74, 6) is 0.519. The first-order chi connectivity index (χ1) is 14.9. The summed E-state index contributed by atoms with van der Waals surface area (Å²) >= 11 is 0. The van der Waals surface area contributed by atoms with Crippen LogP contribution in [0, 0.1) is 11.2 Å². The lowest BCUT2D eigenvalue weighted by atomic mass is 10.2. The largest absolute Gasteiger partial charge is 0.397 e. The second-order valence-corrected chi connectivity index (χ2v) is 7.40. The lowest BCUT2D eigenvalue weighted by Crippen LogP contribution is -2.31. The van der Waals surface area contributed by atoms with Gasteiger partial charge >= 0.3 is 0 Å². The van der Waals surface area contributed by atoms with Crippen LogP contribution in [0.25, 0.3) is 11.5 Å². The van der Waals surface area contributed by atoms with E-state index in [1.54, 1.807) is 18.0 Å². The molecule has 0 saturated carbocycles. The molecule has 4 N–H and O–H groups in total. The highest BCUT2D eigenvalue weighted by atomic mass is 19.1. The van der Waals surface area contributed by atoms with E-state index in [1.807, 2.05) is 0 Å². The second-order valence-electron chi connectivity index (χ2n) is 7.40. The molecule has 3 aromatic rings. The Morgan fingerprint density at radius 1 is 1.29 bits per heavy atom. The number of rotatable bonds is 6. The van der Waals surface area contributed by atoms with Gasteiger partial charge in [0.15, 0.2) is 5.82 Å². The minimum Gasteiger partial charge on any atom is -0.397 e. The summed E-state index contributed by atoms with van der Waals surface area (Å²) < 4.78 is 13.1. The number of nitrogens with zero attached hydrogens (tertiary/aromatic N) is 4. The van der Waals surface area contributed by atoms with E-state index in [1.165, 1.54) is 36.7 Å². The van der Waals surface area contributed by atoms with E-state index in [0.717, 1.165) is 30.5 Å². The fourth-order valence-electron chi connectivity index (χ4n) is 3.60. The molecule has 0 bridgehead atoms. The first kappa shape index (κ1) is 20.4. The maximum absolute atomic E-state index is 13.1. The molecule has 158 valence electrons. The normalized spacial score (nSPS) is 12.3. The molecule has 0 radical (unpaired) electrons. The van der Waals surface area contributed by atoms with E-state index in [0.29, 0.717) is 34.3 Å². The monoisotopic (exact) mass is 419 g/mol. The number of aryl methyl sites for hydroxylation is 1. The number of carbonyl (C=O) groups is 1. The Labute approximate surface area is 178 Å². The van der Waals surface area contributed by atoms with Gasteiger partial charge in [-0.1, -0.05) is 0 Å². The number of halogens is 1. The number of carbonyl (C=O) groups excluding carboxylic acids is 1. The van der Waals surface area contributed by atoms with Gasteiger partial charge in [0.25, 0.3) is 0 Å². The summed E-state index contributed by atoms with van der Waals surface area (Å²) in [6.45, 7) is 0.0706. The molecular formula is C22H22FN7O. The van der Waals surface area contributed by atoms with Crippen molar-refractivity contribution in [3.63, 3.8) is 0 Å². The smallest absolute Gasteiger partial charge is 0.243 e. The molecule has 1 amide bonds. The lowest BCUT2D eigenvalue weighted by molar-refractivity contribution is -0.114. The van der Waals surface area contributed by atoms with Crippen LogP contribution in [0.4, 0.5) is 21.6 Å². The molecule has 2 heterocycles. The minimum absolute atomic E-state index is 0.0706. The SMILES string of the molecule is CN(CC(=O)Nc1ccc(F)cc1)c1nc(-c2cc(C=N)c(N)cn2)nc2c1CCC2. The van der Waals surface area contributed by atoms with Crippen molar-refractivity contribution >= 4 is 29.3 Å². The highest BCUT2D eigenvalue weighted by molar-refractivity contribution is 5.94. The van der Waals surface area contributed by atoms with Crippen molar-refractivity contribution in [1.82, 2.24) is 15.0 Å². The molecule has 31 heavy (non-hydrogen) atoms. The van der Waals surface area contributed by atoms with Crippen molar-refractivity contribution in [1.29, 1.82) is 5.41 Å². The van der Waals surface area contributed by atoms with Crippen LogP contribution in [0.5, 0.6) is 0 Å². The number of fused-ring (bicyclic) bond motifs is 1. The summed E-state index contributed by atoms with van der Waals surface area (Å²) in [7, 11) is 1.80. The molecule has 0 unspecified atom stereocenters. The summed E-state index contributed by atoms with van der Waals surface area (Å²) in [5.41, 5.74) is 9.82. The summed E-state index contributed by atoms with van der Waals surface area (Å²) in [6.07, 6.45) is 5.30. The first-order valence-corrected chi connectivity index (χ1v) is 9.87. The third kappa shape index (κ3) is 4.35. The molecule has 0 spiro atoms. The van der Waals surface area contributed by atoms with E-state index in [-0.39, 0.29) is 18.3 Å². The molecule has 9 heteroatoms. The molecule has 8 nitrogen and oxygen atoms in total. The van der Waals surface area contributed by atoms with Crippen LogP contribution in [-0.4, -0.2) is 40.7 Å². The van der Waals surface area contributed by atoms with E-state index in [9.17, 15) is 9.18 Å². The van der Waals surface area contributed by atoms with E-state index >= 15 is 0 Å². The molecule has 1 aromatic carbocycles. The third-order valence-electron chi connectivity index (χ3n) is 5.13. The predicted octanol–water partition coefficient (Wildman–Crippen LogP) is 2.82. The van der Waals surface area contributed by atoms with Gasteiger partial charge in [-0.2, -0.15) is 0 Å². The van der Waals surface area contributed by atoms with Crippen LogP contribution in [0.15, 0.2) is 36.5 Å². The Morgan fingerprint density at radius 3 is 2.81 bits per heavy atom. The average Bonchev–Trinajstić information content (AvgIpc) is 3.23. The van der Waals surface area contributed by atoms with Gasteiger partial charge in [-0.15, -0.1) is 0 Å².